The Hall–Kier alpha value is -2.82. The van der Waals surface area contributed by atoms with Crippen LogP contribution in [0.4, 0.5) is 13.2 Å². The number of carboxylic acids is 1. The first-order chi connectivity index (χ1) is 18.7. The number of thiophene rings is 1. The van der Waals surface area contributed by atoms with Gasteiger partial charge in [0.2, 0.25) is 0 Å². The summed E-state index contributed by atoms with van der Waals surface area (Å²) in [5.41, 5.74) is -0.805. The highest BCUT2D eigenvalue weighted by atomic mass is 35.5. The van der Waals surface area contributed by atoms with Crippen LogP contribution in [0, 0.1) is 0 Å². The number of alkyl halides is 3. The summed E-state index contributed by atoms with van der Waals surface area (Å²) in [7, 11) is 0. The zero-order valence-corrected chi connectivity index (χ0v) is 23.3. The third-order valence-electron chi connectivity index (χ3n) is 6.09. The van der Waals surface area contributed by atoms with Crippen molar-refractivity contribution in [2.45, 2.75) is 71.0 Å². The Morgan fingerprint density at radius 2 is 1.87 bits per heavy atom. The molecular formula is C28H33ClF3N3O3S. The number of carbonyl (C=O) groups is 1. The van der Waals surface area contributed by atoms with Gasteiger partial charge in [0.15, 0.2) is 11.3 Å². The van der Waals surface area contributed by atoms with Gasteiger partial charge in [0, 0.05) is 18.3 Å². The van der Waals surface area contributed by atoms with Crippen molar-refractivity contribution in [2.24, 2.45) is 0 Å². The number of aromatic carboxylic acids is 1. The van der Waals surface area contributed by atoms with Gasteiger partial charge < -0.3 is 14.8 Å². The summed E-state index contributed by atoms with van der Waals surface area (Å²) in [5, 5.41) is 16.4. The van der Waals surface area contributed by atoms with Crippen molar-refractivity contribution >= 4 is 34.6 Å². The van der Waals surface area contributed by atoms with E-state index in [4.69, 9.17) is 21.1 Å². The summed E-state index contributed by atoms with van der Waals surface area (Å²) in [5.74, 6) is -1.32. The van der Waals surface area contributed by atoms with Gasteiger partial charge >= 0.3 is 12.1 Å². The molecule has 0 aliphatic rings. The molecule has 4 aromatic rings. The predicted octanol–water partition coefficient (Wildman–Crippen LogP) is 8.94. The van der Waals surface area contributed by atoms with E-state index in [0.29, 0.717) is 0 Å². The van der Waals surface area contributed by atoms with E-state index >= 15 is 0 Å². The van der Waals surface area contributed by atoms with Gasteiger partial charge in [-0.05, 0) is 53.6 Å². The van der Waals surface area contributed by atoms with Gasteiger partial charge in [0.1, 0.15) is 10.9 Å². The van der Waals surface area contributed by atoms with E-state index < -0.39 is 34.2 Å². The van der Waals surface area contributed by atoms with Crippen molar-refractivity contribution in [3.8, 4) is 11.3 Å². The average Bonchev–Trinajstić information content (AvgIpc) is 3.67. The summed E-state index contributed by atoms with van der Waals surface area (Å²) in [6.45, 7) is 4.49. The zero-order chi connectivity index (χ0) is 28.3. The second kappa shape index (κ2) is 15.1. The monoisotopic (exact) mass is 583 g/mol. The van der Waals surface area contributed by atoms with Crippen LogP contribution in [0.15, 0.2) is 51.9 Å². The molecule has 0 fully saturated rings. The molecule has 4 aromatic heterocycles. The molecule has 11 heteroatoms. The number of aromatic nitrogens is 2. The third kappa shape index (κ3) is 9.12. The van der Waals surface area contributed by atoms with E-state index in [-0.39, 0.29) is 11.3 Å². The molecule has 39 heavy (non-hydrogen) atoms. The molecule has 0 aliphatic carbocycles. The van der Waals surface area contributed by atoms with E-state index in [9.17, 15) is 18.0 Å². The molecule has 0 aliphatic heterocycles. The number of halogens is 4. The number of rotatable bonds is 13. The topological polar surface area (TPSA) is 79.8 Å². The maximum atomic E-state index is 13.2. The Bertz CT molecular complexity index is 1290. The van der Waals surface area contributed by atoms with Crippen LogP contribution in [0.2, 0.25) is 5.15 Å². The maximum absolute atomic E-state index is 13.2. The lowest BCUT2D eigenvalue weighted by Gasteiger charge is -2.10. The number of furan rings is 1. The van der Waals surface area contributed by atoms with E-state index in [2.05, 4.69) is 34.1 Å². The quantitative estimate of drug-likeness (QED) is 0.154. The fourth-order valence-corrected chi connectivity index (χ4v) is 4.97. The van der Waals surface area contributed by atoms with Gasteiger partial charge in [-0.25, -0.2) is 9.78 Å². The van der Waals surface area contributed by atoms with Crippen molar-refractivity contribution in [3.63, 3.8) is 0 Å². The van der Waals surface area contributed by atoms with Crippen LogP contribution in [-0.4, -0.2) is 27.0 Å². The smallest absolute Gasteiger partial charge is 0.420 e. The highest BCUT2D eigenvalue weighted by Gasteiger charge is 2.36. The average molecular weight is 584 g/mol. The first kappa shape index (κ1) is 30.7. The minimum atomic E-state index is -4.73. The lowest BCUT2D eigenvalue weighted by Crippen LogP contribution is -2.13. The lowest BCUT2D eigenvalue weighted by atomic mass is 10.1. The number of hydrogen-bond donors (Lipinski definition) is 2. The van der Waals surface area contributed by atoms with Crippen molar-refractivity contribution in [1.29, 1.82) is 0 Å². The summed E-state index contributed by atoms with van der Waals surface area (Å²) in [6, 6.07) is 6.03. The molecule has 6 nitrogen and oxygen atoms in total. The number of nitrogens with one attached hydrogen (secondary N) is 1. The molecule has 212 valence electrons. The van der Waals surface area contributed by atoms with Crippen LogP contribution in [0.1, 0.15) is 79.9 Å². The van der Waals surface area contributed by atoms with Gasteiger partial charge in [0.05, 0.1) is 11.8 Å². The van der Waals surface area contributed by atoms with Gasteiger partial charge in [0.25, 0.3) is 0 Å². The summed E-state index contributed by atoms with van der Waals surface area (Å²) in [4.78, 5) is 14.5. The highest BCUT2D eigenvalue weighted by Crippen LogP contribution is 2.37. The van der Waals surface area contributed by atoms with Gasteiger partial charge in [-0.3, -0.25) is 4.40 Å². The Morgan fingerprint density at radius 1 is 1.15 bits per heavy atom. The second-order valence-electron chi connectivity index (χ2n) is 9.15. The summed E-state index contributed by atoms with van der Waals surface area (Å²) < 4.78 is 45.6. The number of unbranched alkanes of at least 4 members (excludes halogenated alkanes) is 7. The molecule has 4 rings (SSSR count). The molecule has 0 spiro atoms. The molecule has 0 radical (unpaired) electrons. The number of hydrogen-bond acceptors (Lipinski definition) is 5. The second-order valence-corrected chi connectivity index (χ2v) is 10.3. The van der Waals surface area contributed by atoms with Crippen molar-refractivity contribution < 1.29 is 27.5 Å². The summed E-state index contributed by atoms with van der Waals surface area (Å²) in [6.07, 6.45) is 9.05. The first-order valence-electron chi connectivity index (χ1n) is 13.0. The number of imidazole rings is 1. The van der Waals surface area contributed by atoms with Crippen LogP contribution in [-0.2, 0) is 12.7 Å². The summed E-state index contributed by atoms with van der Waals surface area (Å²) >= 11 is 7.61. The van der Waals surface area contributed by atoms with Crippen LogP contribution in [0.3, 0.4) is 0 Å². The Balaban J connectivity index is 0.000000224. The molecule has 0 atom stereocenters. The Kier molecular flexibility index (Phi) is 11.9. The number of fused-ring (bicyclic) bond motifs is 1. The number of nitrogens with zero attached hydrogens (tertiary/aromatic N) is 2. The predicted molar refractivity (Wildman–Crippen MR) is 149 cm³/mol. The molecule has 0 bridgehead atoms. The van der Waals surface area contributed by atoms with Gasteiger partial charge in [-0.15, -0.1) is 0 Å². The minimum Gasteiger partial charge on any atom is -0.476 e. The van der Waals surface area contributed by atoms with Crippen LogP contribution >= 0.6 is 22.9 Å². The molecule has 0 unspecified atom stereocenters. The zero-order valence-electron chi connectivity index (χ0n) is 21.8. The molecule has 0 aromatic carbocycles. The minimum absolute atomic E-state index is 0.0982. The lowest BCUT2D eigenvalue weighted by molar-refractivity contribution is -0.136. The van der Waals surface area contributed by atoms with Gasteiger partial charge in [-0.2, -0.15) is 24.5 Å². The molecule has 2 N–H and O–H groups in total. The SMILES string of the molecule is CCCCCCCCCCNCc1ccsc1.O=C(O)c1nc2c(C(F)(F)F)cc(-c3ccco3)cn2c1Cl. The van der Waals surface area contributed by atoms with Gasteiger partial charge in [-0.1, -0.05) is 63.5 Å². The standard InChI is InChI=1S/C15H27NS.C13H6ClF3N2O3/c1-2-3-4-5-6-7-8-9-11-16-13-15-10-12-17-14-15;14-10-9(12(20)21)18-11-7(13(15,16)17)4-6(5-19(10)11)8-2-1-3-22-8/h10,12,14,16H,2-9,11,13H2,1H3;1-5H,(H,20,21). The van der Waals surface area contributed by atoms with E-state index in [1.165, 1.54) is 88.1 Å². The maximum Gasteiger partial charge on any atom is 0.420 e. The van der Waals surface area contributed by atoms with Crippen molar-refractivity contribution in [2.75, 3.05) is 6.54 Å². The van der Waals surface area contributed by atoms with E-state index in [1.807, 2.05) is 0 Å². The van der Waals surface area contributed by atoms with Crippen molar-refractivity contribution in [1.82, 2.24) is 14.7 Å². The molecule has 0 amide bonds. The highest BCUT2D eigenvalue weighted by molar-refractivity contribution is 7.07. The van der Waals surface area contributed by atoms with Crippen molar-refractivity contribution in [3.05, 3.63) is 69.5 Å². The first-order valence-corrected chi connectivity index (χ1v) is 14.3. The largest absolute Gasteiger partial charge is 0.476 e. The van der Waals surface area contributed by atoms with Crippen LogP contribution in [0.5, 0.6) is 0 Å². The molecule has 4 heterocycles. The van der Waals surface area contributed by atoms with E-state index in [0.717, 1.165) is 17.0 Å². The fourth-order valence-electron chi connectivity index (χ4n) is 4.05. The van der Waals surface area contributed by atoms with E-state index in [1.54, 1.807) is 11.3 Å². The van der Waals surface area contributed by atoms with Crippen LogP contribution < -0.4 is 5.32 Å². The van der Waals surface area contributed by atoms with Crippen LogP contribution in [0.25, 0.3) is 17.0 Å². The Morgan fingerprint density at radius 3 is 2.46 bits per heavy atom. The number of pyridine rings is 1. The third-order valence-corrected chi connectivity index (χ3v) is 7.18. The fraction of sp³-hybridized carbons (Fsp3) is 0.429. The molecule has 0 saturated heterocycles. The number of carboxylic acid groups (broad SMARTS) is 1. The Labute approximate surface area is 234 Å². The normalized spacial score (nSPS) is 11.5. The molecular weight excluding hydrogens is 551 g/mol. The molecule has 0 saturated carbocycles.